The zero-order valence-electron chi connectivity index (χ0n) is 5.91. The zero-order chi connectivity index (χ0) is 6.62. The van der Waals surface area contributed by atoms with Crippen LogP contribution in [0.4, 0.5) is 0 Å². The van der Waals surface area contributed by atoms with Crippen molar-refractivity contribution in [3.63, 3.8) is 0 Å². The Hall–Kier alpha value is -0.300. The lowest BCUT2D eigenvalue weighted by atomic mass is 9.90. The molecule has 0 aromatic carbocycles. The lowest BCUT2D eigenvalue weighted by molar-refractivity contribution is -0.389. The number of allylic oxidation sites excluding steroid dienone is 1. The van der Waals surface area contributed by atoms with Gasteiger partial charge in [-0.25, -0.2) is 0 Å². The van der Waals surface area contributed by atoms with Gasteiger partial charge in [0.2, 0.25) is 0 Å². The van der Waals surface area contributed by atoms with Crippen LogP contribution in [0.5, 0.6) is 0 Å². The first-order valence-corrected chi connectivity index (χ1v) is 3.02. The van der Waals surface area contributed by atoms with Crippen LogP contribution in [-0.2, 0) is 0 Å². The molecule has 0 saturated carbocycles. The Bertz CT molecular complexity index is 74.5. The fraction of sp³-hybridized carbons (Fsp3) is 0.714. The van der Waals surface area contributed by atoms with Crippen LogP contribution in [0.3, 0.4) is 0 Å². The van der Waals surface area contributed by atoms with Gasteiger partial charge in [0.05, 0.1) is 6.54 Å². The predicted octanol–water partition coefficient (Wildman–Crippen LogP) is 0.831. The van der Waals surface area contributed by atoms with Crippen LogP contribution in [0.2, 0.25) is 0 Å². The fourth-order valence-corrected chi connectivity index (χ4v) is 0.493. The molecule has 0 rings (SSSR count). The molecular formula is C7H16N+. The Morgan fingerprint density at radius 1 is 1.62 bits per heavy atom. The Labute approximate surface area is 51.6 Å². The number of hydrogen-bond acceptors (Lipinski definition) is 0. The molecule has 3 N–H and O–H groups in total. The molecule has 0 saturated heterocycles. The van der Waals surface area contributed by atoms with Gasteiger partial charge in [0, 0.05) is 5.41 Å². The van der Waals surface area contributed by atoms with Crippen molar-refractivity contribution in [3.8, 4) is 0 Å². The Balaban J connectivity index is 3.53. The molecule has 0 atom stereocenters. The van der Waals surface area contributed by atoms with Crippen molar-refractivity contribution in [1.29, 1.82) is 0 Å². The van der Waals surface area contributed by atoms with Crippen molar-refractivity contribution in [2.45, 2.75) is 20.3 Å². The highest BCUT2D eigenvalue weighted by Gasteiger charge is 2.14. The molecule has 0 bridgehead atoms. The first kappa shape index (κ1) is 7.70. The van der Waals surface area contributed by atoms with E-state index in [-0.39, 0.29) is 0 Å². The van der Waals surface area contributed by atoms with E-state index in [1.807, 2.05) is 6.08 Å². The molecule has 8 heavy (non-hydrogen) atoms. The van der Waals surface area contributed by atoms with Gasteiger partial charge in [0.1, 0.15) is 0 Å². The van der Waals surface area contributed by atoms with Crippen molar-refractivity contribution in [3.05, 3.63) is 12.7 Å². The summed E-state index contributed by atoms with van der Waals surface area (Å²) in [5.74, 6) is 0. The van der Waals surface area contributed by atoms with E-state index in [4.69, 9.17) is 0 Å². The van der Waals surface area contributed by atoms with Gasteiger partial charge < -0.3 is 5.73 Å². The molecule has 0 radical (unpaired) electrons. The van der Waals surface area contributed by atoms with Gasteiger partial charge in [-0.1, -0.05) is 19.9 Å². The molecule has 0 spiro atoms. The van der Waals surface area contributed by atoms with Gasteiger partial charge in [-0.15, -0.1) is 6.58 Å². The molecule has 0 fully saturated rings. The smallest absolute Gasteiger partial charge is 0.0794 e. The van der Waals surface area contributed by atoms with Crippen molar-refractivity contribution in [2.75, 3.05) is 6.54 Å². The summed E-state index contributed by atoms with van der Waals surface area (Å²) in [5, 5.41) is 0. The molecule has 0 aliphatic carbocycles. The van der Waals surface area contributed by atoms with E-state index in [1.54, 1.807) is 0 Å². The monoisotopic (exact) mass is 114 g/mol. The summed E-state index contributed by atoms with van der Waals surface area (Å²) in [4.78, 5) is 0. The summed E-state index contributed by atoms with van der Waals surface area (Å²) in [5.41, 5.74) is 4.19. The molecule has 0 aromatic heterocycles. The summed E-state index contributed by atoms with van der Waals surface area (Å²) >= 11 is 0. The minimum atomic E-state index is 0.363. The van der Waals surface area contributed by atoms with Crippen molar-refractivity contribution >= 4 is 0 Å². The number of quaternary nitrogens is 1. The maximum atomic E-state index is 3.83. The van der Waals surface area contributed by atoms with Crippen LogP contribution in [0.1, 0.15) is 20.3 Å². The van der Waals surface area contributed by atoms with Crippen molar-refractivity contribution in [1.82, 2.24) is 0 Å². The van der Waals surface area contributed by atoms with Crippen LogP contribution in [0.15, 0.2) is 12.7 Å². The second-order valence-corrected chi connectivity index (χ2v) is 2.91. The van der Waals surface area contributed by atoms with Gasteiger partial charge in [0.15, 0.2) is 0 Å². The summed E-state index contributed by atoms with van der Waals surface area (Å²) in [6.07, 6.45) is 3.02. The molecule has 48 valence electrons. The summed E-state index contributed by atoms with van der Waals surface area (Å²) in [6.45, 7) is 9.04. The van der Waals surface area contributed by atoms with Crippen molar-refractivity contribution in [2.24, 2.45) is 5.41 Å². The number of hydrogen-bond donors (Lipinski definition) is 1. The molecule has 0 amide bonds. The predicted molar refractivity (Wildman–Crippen MR) is 36.4 cm³/mol. The van der Waals surface area contributed by atoms with Crippen LogP contribution >= 0.6 is 0 Å². The normalized spacial score (nSPS) is 11.4. The van der Waals surface area contributed by atoms with E-state index in [2.05, 4.69) is 26.2 Å². The van der Waals surface area contributed by atoms with E-state index in [1.165, 1.54) is 0 Å². The first-order chi connectivity index (χ1) is 3.62. The van der Waals surface area contributed by atoms with Gasteiger partial charge in [-0.2, -0.15) is 0 Å². The zero-order valence-corrected chi connectivity index (χ0v) is 5.91. The highest BCUT2D eigenvalue weighted by Crippen LogP contribution is 2.16. The highest BCUT2D eigenvalue weighted by atomic mass is 14.6. The van der Waals surface area contributed by atoms with Crippen LogP contribution in [0, 0.1) is 5.41 Å². The van der Waals surface area contributed by atoms with E-state index >= 15 is 0 Å². The van der Waals surface area contributed by atoms with Gasteiger partial charge in [-0.05, 0) is 6.42 Å². The highest BCUT2D eigenvalue weighted by molar-refractivity contribution is 4.77. The maximum absolute atomic E-state index is 3.83. The minimum absolute atomic E-state index is 0.363. The van der Waals surface area contributed by atoms with E-state index < -0.39 is 0 Å². The molecule has 1 nitrogen and oxygen atoms in total. The second-order valence-electron chi connectivity index (χ2n) is 2.91. The lowest BCUT2D eigenvalue weighted by Crippen LogP contribution is -2.56. The molecule has 0 heterocycles. The summed E-state index contributed by atoms with van der Waals surface area (Å²) in [7, 11) is 0. The summed E-state index contributed by atoms with van der Waals surface area (Å²) in [6, 6.07) is 0. The second kappa shape index (κ2) is 2.88. The average molecular weight is 114 g/mol. The van der Waals surface area contributed by atoms with Crippen LogP contribution in [-0.4, -0.2) is 6.54 Å². The van der Waals surface area contributed by atoms with Crippen LogP contribution in [0.25, 0.3) is 0 Å². The molecule has 1 heteroatoms. The van der Waals surface area contributed by atoms with Gasteiger partial charge >= 0.3 is 0 Å². The SMILES string of the molecule is C=CCC(C)(C)C[NH3+]. The Kier molecular flexibility index (Phi) is 2.77. The van der Waals surface area contributed by atoms with Gasteiger partial charge in [0.25, 0.3) is 0 Å². The van der Waals surface area contributed by atoms with Gasteiger partial charge in [-0.3, -0.25) is 0 Å². The molecule has 0 aliphatic rings. The maximum Gasteiger partial charge on any atom is 0.0794 e. The Morgan fingerprint density at radius 2 is 2.12 bits per heavy atom. The third kappa shape index (κ3) is 2.80. The molecular weight excluding hydrogens is 98.1 g/mol. The van der Waals surface area contributed by atoms with Crippen LogP contribution < -0.4 is 5.73 Å². The van der Waals surface area contributed by atoms with E-state index in [9.17, 15) is 0 Å². The lowest BCUT2D eigenvalue weighted by Gasteiger charge is -2.16. The largest absolute Gasteiger partial charge is 0.357 e. The topological polar surface area (TPSA) is 27.6 Å². The first-order valence-electron chi connectivity index (χ1n) is 3.02. The third-order valence-corrected chi connectivity index (χ3v) is 1.37. The number of rotatable bonds is 3. The molecule has 0 unspecified atom stereocenters. The fourth-order valence-electron chi connectivity index (χ4n) is 0.493. The van der Waals surface area contributed by atoms with E-state index in [0.717, 1.165) is 13.0 Å². The molecule has 0 aromatic rings. The standard InChI is InChI=1S/C7H15N/c1-4-5-7(2,3)6-8/h4H,1,5-6,8H2,2-3H3/p+1. The quantitative estimate of drug-likeness (QED) is 0.526. The summed E-state index contributed by atoms with van der Waals surface area (Å²) < 4.78 is 0. The minimum Gasteiger partial charge on any atom is -0.357 e. The van der Waals surface area contributed by atoms with E-state index in [0.29, 0.717) is 5.41 Å². The Morgan fingerprint density at radius 3 is 2.25 bits per heavy atom. The molecule has 0 aliphatic heterocycles. The third-order valence-electron chi connectivity index (χ3n) is 1.37. The van der Waals surface area contributed by atoms with Crippen molar-refractivity contribution < 1.29 is 5.73 Å². The average Bonchev–Trinajstić information content (AvgIpc) is 1.67.